The van der Waals surface area contributed by atoms with Gasteiger partial charge in [-0.15, -0.1) is 0 Å². The number of carbonyl (C=O) groups is 2. The fraction of sp³-hybridized carbons (Fsp3) is 0.176. The Bertz CT molecular complexity index is 754. The van der Waals surface area contributed by atoms with Gasteiger partial charge >= 0.3 is 6.61 Å². The summed E-state index contributed by atoms with van der Waals surface area (Å²) in [5.41, 5.74) is 5.97. The van der Waals surface area contributed by atoms with Gasteiger partial charge in [0.15, 0.2) is 11.5 Å². The Kier molecular flexibility index (Phi) is 5.89. The molecular formula is C17H16F2N2O4. The largest absolute Gasteiger partial charge is 0.493 e. The first kappa shape index (κ1) is 18.2. The Balaban J connectivity index is 2.23. The molecule has 2 rings (SSSR count). The number of benzene rings is 2. The molecule has 2 aromatic rings. The molecule has 0 aliphatic heterocycles. The minimum atomic E-state index is -3.02. The molecule has 0 saturated heterocycles. The topological polar surface area (TPSA) is 90.6 Å². The van der Waals surface area contributed by atoms with E-state index >= 15 is 0 Å². The number of hydrogen-bond acceptors (Lipinski definition) is 4. The zero-order chi connectivity index (χ0) is 18.4. The van der Waals surface area contributed by atoms with Gasteiger partial charge < -0.3 is 20.5 Å². The molecule has 1 unspecified atom stereocenters. The summed E-state index contributed by atoms with van der Waals surface area (Å²) in [4.78, 5) is 24.0. The summed E-state index contributed by atoms with van der Waals surface area (Å²) in [5, 5.41) is 2.50. The maximum atomic E-state index is 12.4. The number of methoxy groups -OCH3 is 1. The summed E-state index contributed by atoms with van der Waals surface area (Å²) >= 11 is 0. The number of hydrogen-bond donors (Lipinski definition) is 2. The maximum Gasteiger partial charge on any atom is 0.387 e. The number of amides is 2. The zero-order valence-corrected chi connectivity index (χ0v) is 13.2. The molecule has 1 atom stereocenters. The first-order valence-corrected chi connectivity index (χ1v) is 7.20. The number of halogens is 2. The van der Waals surface area contributed by atoms with Crippen LogP contribution in [0.2, 0.25) is 0 Å². The number of primary amides is 1. The van der Waals surface area contributed by atoms with Crippen LogP contribution in [0.4, 0.5) is 8.78 Å². The molecule has 3 N–H and O–H groups in total. The predicted molar refractivity (Wildman–Crippen MR) is 85.5 cm³/mol. The van der Waals surface area contributed by atoms with E-state index in [2.05, 4.69) is 10.1 Å². The van der Waals surface area contributed by atoms with Crippen molar-refractivity contribution in [3.05, 3.63) is 59.7 Å². The van der Waals surface area contributed by atoms with E-state index in [-0.39, 0.29) is 17.1 Å². The molecule has 0 bridgehead atoms. The lowest BCUT2D eigenvalue weighted by atomic mass is 10.1. The molecule has 0 aliphatic rings. The van der Waals surface area contributed by atoms with Crippen LogP contribution in [0, 0.1) is 0 Å². The van der Waals surface area contributed by atoms with Crippen LogP contribution in [0.1, 0.15) is 22.0 Å². The number of nitrogens with two attached hydrogens (primary N) is 1. The van der Waals surface area contributed by atoms with Crippen LogP contribution in [0.15, 0.2) is 48.5 Å². The first-order valence-electron chi connectivity index (χ1n) is 7.20. The van der Waals surface area contributed by atoms with E-state index in [1.165, 1.54) is 25.3 Å². The van der Waals surface area contributed by atoms with E-state index in [1.54, 1.807) is 30.3 Å². The molecule has 6 nitrogen and oxygen atoms in total. The lowest BCUT2D eigenvalue weighted by molar-refractivity contribution is -0.120. The predicted octanol–water partition coefficient (Wildman–Crippen LogP) is 2.25. The second kappa shape index (κ2) is 8.09. The molecule has 8 heteroatoms. The fourth-order valence-corrected chi connectivity index (χ4v) is 2.18. The molecule has 25 heavy (non-hydrogen) atoms. The molecule has 0 aromatic heterocycles. The molecule has 0 saturated carbocycles. The SMILES string of the molecule is COc1cc(C(=O)NC(C(N)=O)c2ccccc2)ccc1OC(F)F. The molecular weight excluding hydrogens is 334 g/mol. The fourth-order valence-electron chi connectivity index (χ4n) is 2.18. The highest BCUT2D eigenvalue weighted by Crippen LogP contribution is 2.29. The maximum absolute atomic E-state index is 12.4. The molecule has 2 amide bonds. The van der Waals surface area contributed by atoms with Gasteiger partial charge in [-0.05, 0) is 23.8 Å². The third-order valence-electron chi connectivity index (χ3n) is 3.33. The van der Waals surface area contributed by atoms with Crippen molar-refractivity contribution in [1.82, 2.24) is 5.32 Å². The summed E-state index contributed by atoms with van der Waals surface area (Å²) in [6.07, 6.45) is 0. The molecule has 0 radical (unpaired) electrons. The van der Waals surface area contributed by atoms with Crippen LogP contribution < -0.4 is 20.5 Å². The third kappa shape index (κ3) is 4.66. The van der Waals surface area contributed by atoms with E-state index in [1.807, 2.05) is 0 Å². The van der Waals surface area contributed by atoms with Crippen molar-refractivity contribution in [2.24, 2.45) is 5.73 Å². The van der Waals surface area contributed by atoms with Crippen molar-refractivity contribution in [1.29, 1.82) is 0 Å². The van der Waals surface area contributed by atoms with Gasteiger partial charge in [-0.25, -0.2) is 0 Å². The molecule has 0 spiro atoms. The number of ether oxygens (including phenoxy) is 2. The Labute approximate surface area is 142 Å². The van der Waals surface area contributed by atoms with Crippen molar-refractivity contribution in [3.63, 3.8) is 0 Å². The van der Waals surface area contributed by atoms with Crippen molar-refractivity contribution in [2.75, 3.05) is 7.11 Å². The van der Waals surface area contributed by atoms with Gasteiger partial charge in [-0.3, -0.25) is 9.59 Å². The smallest absolute Gasteiger partial charge is 0.387 e. The third-order valence-corrected chi connectivity index (χ3v) is 3.33. The van der Waals surface area contributed by atoms with Gasteiger partial charge in [0.1, 0.15) is 6.04 Å². The van der Waals surface area contributed by atoms with Crippen LogP contribution in [0.3, 0.4) is 0 Å². The first-order chi connectivity index (χ1) is 11.9. The second-order valence-electron chi connectivity index (χ2n) is 4.96. The summed E-state index contributed by atoms with van der Waals surface area (Å²) in [7, 11) is 1.26. The summed E-state index contributed by atoms with van der Waals surface area (Å²) in [5.74, 6) is -1.59. The average molecular weight is 350 g/mol. The standard InChI is InChI=1S/C17H16F2N2O4/c1-24-13-9-11(7-8-12(13)25-17(18)19)16(23)21-14(15(20)22)10-5-3-2-4-6-10/h2-9,14,17H,1H3,(H2,20,22)(H,21,23). The summed E-state index contributed by atoms with van der Waals surface area (Å²) in [6, 6.07) is 11.1. The molecule has 0 aliphatic carbocycles. The van der Waals surface area contributed by atoms with Gasteiger partial charge in [0, 0.05) is 5.56 Å². The van der Waals surface area contributed by atoms with E-state index < -0.39 is 24.5 Å². The highest BCUT2D eigenvalue weighted by molar-refractivity contribution is 5.98. The van der Waals surface area contributed by atoms with Crippen LogP contribution in [-0.2, 0) is 4.79 Å². The molecule has 2 aromatic carbocycles. The Morgan fingerprint density at radius 1 is 1.08 bits per heavy atom. The normalized spacial score (nSPS) is 11.7. The summed E-state index contributed by atoms with van der Waals surface area (Å²) < 4.78 is 33.9. The lowest BCUT2D eigenvalue weighted by Crippen LogP contribution is -2.37. The molecule has 132 valence electrons. The van der Waals surface area contributed by atoms with Crippen molar-refractivity contribution < 1.29 is 27.8 Å². The van der Waals surface area contributed by atoms with Gasteiger partial charge in [0.25, 0.3) is 5.91 Å². The highest BCUT2D eigenvalue weighted by Gasteiger charge is 2.22. The monoisotopic (exact) mass is 350 g/mol. The Hall–Kier alpha value is -3.16. The number of rotatable bonds is 7. The van der Waals surface area contributed by atoms with Gasteiger partial charge in [-0.2, -0.15) is 8.78 Å². The van der Waals surface area contributed by atoms with Crippen LogP contribution in [0.5, 0.6) is 11.5 Å². The van der Waals surface area contributed by atoms with Crippen LogP contribution in [-0.4, -0.2) is 25.5 Å². The minimum absolute atomic E-state index is 0.0386. The minimum Gasteiger partial charge on any atom is -0.493 e. The second-order valence-corrected chi connectivity index (χ2v) is 4.96. The number of carbonyl (C=O) groups excluding carboxylic acids is 2. The van der Waals surface area contributed by atoms with Crippen LogP contribution in [0.25, 0.3) is 0 Å². The summed E-state index contributed by atoms with van der Waals surface area (Å²) in [6.45, 7) is -3.02. The van der Waals surface area contributed by atoms with Gasteiger partial charge in [0.05, 0.1) is 7.11 Å². The van der Waals surface area contributed by atoms with Gasteiger partial charge in [0.2, 0.25) is 5.91 Å². The Morgan fingerprint density at radius 2 is 1.76 bits per heavy atom. The van der Waals surface area contributed by atoms with Crippen molar-refractivity contribution in [2.45, 2.75) is 12.7 Å². The number of nitrogens with one attached hydrogen (secondary N) is 1. The lowest BCUT2D eigenvalue weighted by Gasteiger charge is -2.17. The van der Waals surface area contributed by atoms with Gasteiger partial charge in [-0.1, -0.05) is 30.3 Å². The van der Waals surface area contributed by atoms with E-state index in [0.717, 1.165) is 0 Å². The highest BCUT2D eigenvalue weighted by atomic mass is 19.3. The van der Waals surface area contributed by atoms with E-state index in [9.17, 15) is 18.4 Å². The number of alkyl halides is 2. The quantitative estimate of drug-likeness (QED) is 0.801. The molecule has 0 fully saturated rings. The van der Waals surface area contributed by atoms with E-state index in [4.69, 9.17) is 10.5 Å². The van der Waals surface area contributed by atoms with Crippen LogP contribution >= 0.6 is 0 Å². The van der Waals surface area contributed by atoms with E-state index in [0.29, 0.717) is 5.56 Å². The van der Waals surface area contributed by atoms with Crippen molar-refractivity contribution in [3.8, 4) is 11.5 Å². The zero-order valence-electron chi connectivity index (χ0n) is 13.2. The Morgan fingerprint density at radius 3 is 2.32 bits per heavy atom. The average Bonchev–Trinajstić information content (AvgIpc) is 2.59. The molecule has 0 heterocycles. The van der Waals surface area contributed by atoms with Crippen molar-refractivity contribution >= 4 is 11.8 Å².